The first-order valence-electron chi connectivity index (χ1n) is 7.21. The van der Waals surface area contributed by atoms with Crippen LogP contribution in [-0.2, 0) is 11.8 Å². The van der Waals surface area contributed by atoms with Crippen LogP contribution in [0.3, 0.4) is 0 Å². The SMILES string of the molecule is CC(C)[C@H](NC(=O)[C@H](O)c1cnn(C)c1)c1ccc(Cl)cc1F. The summed E-state index contributed by atoms with van der Waals surface area (Å²) in [6, 6.07) is 3.74. The van der Waals surface area contributed by atoms with Crippen LogP contribution in [0.25, 0.3) is 0 Å². The lowest BCUT2D eigenvalue weighted by molar-refractivity contribution is -0.130. The normalized spacial score (nSPS) is 13.9. The van der Waals surface area contributed by atoms with Gasteiger partial charge in [0.25, 0.3) is 5.91 Å². The number of nitrogens with zero attached hydrogens (tertiary/aromatic N) is 2. The second-order valence-corrected chi connectivity index (χ2v) is 6.18. The number of aromatic nitrogens is 2. The maximum Gasteiger partial charge on any atom is 0.254 e. The van der Waals surface area contributed by atoms with Crippen molar-refractivity contribution in [2.45, 2.75) is 26.0 Å². The Balaban J connectivity index is 2.20. The van der Waals surface area contributed by atoms with Gasteiger partial charge in [0.2, 0.25) is 0 Å². The summed E-state index contributed by atoms with van der Waals surface area (Å²) in [7, 11) is 1.69. The van der Waals surface area contributed by atoms with Crippen molar-refractivity contribution in [1.29, 1.82) is 0 Å². The zero-order valence-electron chi connectivity index (χ0n) is 13.1. The first kappa shape index (κ1) is 17.4. The number of rotatable bonds is 5. The van der Waals surface area contributed by atoms with Gasteiger partial charge in [0.1, 0.15) is 5.82 Å². The molecule has 124 valence electrons. The number of carbonyl (C=O) groups is 1. The van der Waals surface area contributed by atoms with Crippen molar-refractivity contribution in [3.05, 3.63) is 52.6 Å². The standard InChI is InChI=1S/C16H19ClFN3O2/c1-9(2)14(12-5-4-11(17)6-13(12)18)20-16(23)15(22)10-7-19-21(3)8-10/h4-9,14-15,22H,1-3H3,(H,20,23)/t14-,15+/m0/s1. The molecule has 0 fully saturated rings. The number of hydrogen-bond donors (Lipinski definition) is 2. The van der Waals surface area contributed by atoms with Crippen molar-refractivity contribution in [2.75, 3.05) is 0 Å². The van der Waals surface area contributed by atoms with Gasteiger partial charge in [-0.2, -0.15) is 5.10 Å². The summed E-state index contributed by atoms with van der Waals surface area (Å²) in [5.41, 5.74) is 0.709. The highest BCUT2D eigenvalue weighted by Crippen LogP contribution is 2.27. The number of halogens is 2. The molecular formula is C16H19ClFN3O2. The fraction of sp³-hybridized carbons (Fsp3) is 0.375. The van der Waals surface area contributed by atoms with Gasteiger partial charge < -0.3 is 10.4 Å². The zero-order valence-corrected chi connectivity index (χ0v) is 13.9. The maximum absolute atomic E-state index is 14.1. The summed E-state index contributed by atoms with van der Waals surface area (Å²) in [6.07, 6.45) is 1.61. The first-order valence-corrected chi connectivity index (χ1v) is 7.59. The van der Waals surface area contributed by atoms with Crippen molar-refractivity contribution in [3.63, 3.8) is 0 Å². The molecule has 2 atom stereocenters. The number of aryl methyl sites for hydroxylation is 1. The molecule has 0 saturated carbocycles. The van der Waals surface area contributed by atoms with Crippen molar-refractivity contribution < 1.29 is 14.3 Å². The minimum absolute atomic E-state index is 0.0734. The smallest absolute Gasteiger partial charge is 0.254 e. The molecule has 0 aliphatic heterocycles. The van der Waals surface area contributed by atoms with Crippen molar-refractivity contribution in [3.8, 4) is 0 Å². The topological polar surface area (TPSA) is 67.2 Å². The Bertz CT molecular complexity index is 702. The van der Waals surface area contributed by atoms with E-state index in [-0.39, 0.29) is 10.9 Å². The lowest BCUT2D eigenvalue weighted by Crippen LogP contribution is -2.35. The molecular weight excluding hydrogens is 321 g/mol. The second kappa shape index (κ2) is 7.10. The van der Waals surface area contributed by atoms with E-state index in [1.54, 1.807) is 25.4 Å². The number of hydrogen-bond acceptors (Lipinski definition) is 3. The highest BCUT2D eigenvalue weighted by Gasteiger charge is 2.26. The van der Waals surface area contributed by atoms with E-state index in [9.17, 15) is 14.3 Å². The van der Waals surface area contributed by atoms with Crippen LogP contribution in [-0.4, -0.2) is 20.8 Å². The van der Waals surface area contributed by atoms with Gasteiger partial charge in [0.15, 0.2) is 6.10 Å². The van der Waals surface area contributed by atoms with Gasteiger partial charge in [-0.15, -0.1) is 0 Å². The van der Waals surface area contributed by atoms with E-state index in [1.165, 1.54) is 16.9 Å². The quantitative estimate of drug-likeness (QED) is 0.880. The Morgan fingerprint density at radius 2 is 2.13 bits per heavy atom. The Labute approximate surface area is 139 Å². The molecule has 0 saturated heterocycles. The Hall–Kier alpha value is -1.92. The predicted molar refractivity (Wildman–Crippen MR) is 85.3 cm³/mol. The molecule has 1 heterocycles. The Morgan fingerprint density at radius 1 is 1.43 bits per heavy atom. The van der Waals surface area contributed by atoms with Gasteiger partial charge in [0, 0.05) is 29.4 Å². The summed E-state index contributed by atoms with van der Waals surface area (Å²) in [5.74, 6) is -1.17. The van der Waals surface area contributed by atoms with Crippen LogP contribution in [0.2, 0.25) is 5.02 Å². The number of benzene rings is 1. The number of amides is 1. The molecule has 23 heavy (non-hydrogen) atoms. The summed E-state index contributed by atoms with van der Waals surface area (Å²) in [5, 5.41) is 17.0. The second-order valence-electron chi connectivity index (χ2n) is 5.75. The minimum atomic E-state index is -1.36. The summed E-state index contributed by atoms with van der Waals surface area (Å²) >= 11 is 5.76. The number of aliphatic hydroxyl groups excluding tert-OH is 1. The molecule has 2 aromatic rings. The zero-order chi connectivity index (χ0) is 17.1. The van der Waals surface area contributed by atoms with E-state index in [1.807, 2.05) is 13.8 Å². The van der Waals surface area contributed by atoms with Crippen LogP contribution in [0.1, 0.15) is 37.1 Å². The lowest BCUT2D eigenvalue weighted by Gasteiger charge is -2.24. The Morgan fingerprint density at radius 3 is 2.65 bits per heavy atom. The highest BCUT2D eigenvalue weighted by atomic mass is 35.5. The van der Waals surface area contributed by atoms with Crippen LogP contribution >= 0.6 is 11.6 Å². The third-order valence-corrected chi connectivity index (χ3v) is 3.79. The molecule has 0 aliphatic rings. The average Bonchev–Trinajstić information content (AvgIpc) is 2.90. The van der Waals surface area contributed by atoms with Gasteiger partial charge in [0.05, 0.1) is 12.2 Å². The molecule has 0 unspecified atom stereocenters. The average molecular weight is 340 g/mol. The summed E-state index contributed by atoms with van der Waals surface area (Å²) in [6.45, 7) is 3.71. The molecule has 0 radical (unpaired) electrons. The molecule has 2 rings (SSSR count). The van der Waals surface area contributed by atoms with E-state index in [2.05, 4.69) is 10.4 Å². The molecule has 0 bridgehead atoms. The van der Waals surface area contributed by atoms with E-state index in [4.69, 9.17) is 11.6 Å². The lowest BCUT2D eigenvalue weighted by atomic mass is 9.95. The summed E-state index contributed by atoms with van der Waals surface area (Å²) < 4.78 is 15.6. The van der Waals surface area contributed by atoms with Gasteiger partial charge in [-0.25, -0.2) is 4.39 Å². The van der Waals surface area contributed by atoms with Crippen LogP contribution in [0.4, 0.5) is 4.39 Å². The van der Waals surface area contributed by atoms with Gasteiger partial charge in [-0.1, -0.05) is 31.5 Å². The van der Waals surface area contributed by atoms with Crippen molar-refractivity contribution >= 4 is 17.5 Å². The van der Waals surface area contributed by atoms with Crippen LogP contribution < -0.4 is 5.32 Å². The molecule has 1 aromatic carbocycles. The van der Waals surface area contributed by atoms with Gasteiger partial charge >= 0.3 is 0 Å². The van der Waals surface area contributed by atoms with Gasteiger partial charge in [-0.3, -0.25) is 9.48 Å². The molecule has 0 spiro atoms. The molecule has 1 amide bonds. The van der Waals surface area contributed by atoms with Crippen LogP contribution in [0.5, 0.6) is 0 Å². The molecule has 0 aliphatic carbocycles. The molecule has 2 N–H and O–H groups in total. The van der Waals surface area contributed by atoms with Gasteiger partial charge in [-0.05, 0) is 18.1 Å². The maximum atomic E-state index is 14.1. The van der Waals surface area contributed by atoms with Crippen LogP contribution in [0.15, 0.2) is 30.6 Å². The number of nitrogens with one attached hydrogen (secondary N) is 1. The molecule has 7 heteroatoms. The highest BCUT2D eigenvalue weighted by molar-refractivity contribution is 6.30. The third kappa shape index (κ3) is 4.09. The van der Waals surface area contributed by atoms with Crippen molar-refractivity contribution in [2.24, 2.45) is 13.0 Å². The summed E-state index contributed by atoms with van der Waals surface area (Å²) in [4.78, 5) is 12.3. The van der Waals surface area contributed by atoms with E-state index >= 15 is 0 Å². The minimum Gasteiger partial charge on any atom is -0.378 e. The molecule has 5 nitrogen and oxygen atoms in total. The van der Waals surface area contributed by atoms with E-state index < -0.39 is 23.9 Å². The largest absolute Gasteiger partial charge is 0.378 e. The van der Waals surface area contributed by atoms with E-state index in [0.717, 1.165) is 0 Å². The predicted octanol–water partition coefficient (Wildman–Crippen LogP) is 2.76. The van der Waals surface area contributed by atoms with E-state index in [0.29, 0.717) is 11.1 Å². The van der Waals surface area contributed by atoms with Crippen LogP contribution in [0, 0.1) is 11.7 Å². The first-order chi connectivity index (χ1) is 10.8. The molecule has 1 aromatic heterocycles. The fourth-order valence-corrected chi connectivity index (χ4v) is 2.48. The van der Waals surface area contributed by atoms with Crippen molar-refractivity contribution in [1.82, 2.24) is 15.1 Å². The monoisotopic (exact) mass is 339 g/mol. The fourth-order valence-electron chi connectivity index (χ4n) is 2.32. The Kier molecular flexibility index (Phi) is 5.38. The number of aliphatic hydroxyl groups is 1. The number of carbonyl (C=O) groups excluding carboxylic acids is 1. The third-order valence-electron chi connectivity index (χ3n) is 3.55.